The third kappa shape index (κ3) is 1.88. The third-order valence-electron chi connectivity index (χ3n) is 3.14. The maximum atomic E-state index is 5.35. The summed E-state index contributed by atoms with van der Waals surface area (Å²) in [7, 11) is 1.88. The Balaban J connectivity index is 2.06. The molecule has 2 aromatic rings. The number of nitrogens with zero attached hydrogens (tertiary/aromatic N) is 3. The van der Waals surface area contributed by atoms with Gasteiger partial charge in [0.15, 0.2) is 0 Å². The first kappa shape index (κ1) is 11.3. The van der Waals surface area contributed by atoms with Crippen molar-refractivity contribution in [2.45, 2.75) is 6.92 Å². The van der Waals surface area contributed by atoms with Crippen molar-refractivity contribution in [1.29, 1.82) is 0 Å². The monoisotopic (exact) mass is 247 g/mol. The molecule has 3 heterocycles. The van der Waals surface area contributed by atoms with Gasteiger partial charge in [-0.3, -0.25) is 0 Å². The van der Waals surface area contributed by atoms with E-state index < -0.39 is 0 Å². The Morgan fingerprint density at radius 2 is 2.11 bits per heavy atom. The van der Waals surface area contributed by atoms with Gasteiger partial charge in [0.25, 0.3) is 0 Å². The lowest BCUT2D eigenvalue weighted by atomic mass is 10.3. The van der Waals surface area contributed by atoms with E-state index in [2.05, 4.69) is 31.2 Å². The number of ether oxygens (including phenoxy) is 1. The molecule has 96 valence electrons. The maximum Gasteiger partial charge on any atom is 0.229 e. The summed E-state index contributed by atoms with van der Waals surface area (Å²) in [5, 5.41) is 4.17. The van der Waals surface area contributed by atoms with Crippen LogP contribution in [-0.2, 0) is 4.74 Å². The number of anilines is 2. The van der Waals surface area contributed by atoms with Crippen LogP contribution in [0.25, 0.3) is 11.0 Å². The number of morpholine rings is 1. The lowest BCUT2D eigenvalue weighted by Crippen LogP contribution is -2.37. The van der Waals surface area contributed by atoms with E-state index in [0.717, 1.165) is 54.8 Å². The second kappa shape index (κ2) is 4.45. The van der Waals surface area contributed by atoms with Crippen LogP contribution in [-0.4, -0.2) is 48.3 Å². The molecule has 0 radical (unpaired) electrons. The summed E-state index contributed by atoms with van der Waals surface area (Å²) in [6, 6.07) is 2.06. The highest BCUT2D eigenvalue weighted by Crippen LogP contribution is 2.24. The van der Waals surface area contributed by atoms with Gasteiger partial charge in [-0.1, -0.05) is 0 Å². The van der Waals surface area contributed by atoms with Crippen LogP contribution in [0.2, 0.25) is 0 Å². The predicted molar refractivity (Wildman–Crippen MR) is 71.2 cm³/mol. The maximum absolute atomic E-state index is 5.35. The standard InChI is InChI=1S/C12H17N5O/c1-8-7-9-10(13-2)15-12(16-11(9)14-8)17-3-5-18-6-4-17/h7H,3-6H2,1-2H3,(H2,13,14,15,16). The van der Waals surface area contributed by atoms with Crippen molar-refractivity contribution in [1.82, 2.24) is 15.0 Å². The molecule has 18 heavy (non-hydrogen) atoms. The van der Waals surface area contributed by atoms with Gasteiger partial charge in [-0.25, -0.2) is 0 Å². The van der Waals surface area contributed by atoms with Crippen molar-refractivity contribution < 1.29 is 4.74 Å². The number of fused-ring (bicyclic) bond motifs is 1. The molecular weight excluding hydrogens is 230 g/mol. The van der Waals surface area contributed by atoms with Gasteiger partial charge in [-0.05, 0) is 13.0 Å². The van der Waals surface area contributed by atoms with Crippen LogP contribution < -0.4 is 10.2 Å². The number of nitrogens with one attached hydrogen (secondary N) is 2. The molecule has 3 rings (SSSR count). The SMILES string of the molecule is CNc1nc(N2CCOCC2)nc2[nH]c(C)cc12. The van der Waals surface area contributed by atoms with E-state index in [4.69, 9.17) is 4.74 Å². The average Bonchev–Trinajstić information content (AvgIpc) is 2.78. The minimum Gasteiger partial charge on any atom is -0.378 e. The van der Waals surface area contributed by atoms with E-state index in [1.807, 2.05) is 14.0 Å². The first-order valence-electron chi connectivity index (χ1n) is 6.16. The molecule has 6 nitrogen and oxygen atoms in total. The van der Waals surface area contributed by atoms with Crippen LogP contribution in [0.3, 0.4) is 0 Å². The molecule has 1 aliphatic rings. The summed E-state index contributed by atoms with van der Waals surface area (Å²) in [6.07, 6.45) is 0. The Morgan fingerprint density at radius 3 is 2.83 bits per heavy atom. The zero-order valence-corrected chi connectivity index (χ0v) is 10.7. The van der Waals surface area contributed by atoms with E-state index in [1.165, 1.54) is 0 Å². The molecule has 1 aliphatic heterocycles. The summed E-state index contributed by atoms with van der Waals surface area (Å²) < 4.78 is 5.35. The van der Waals surface area contributed by atoms with E-state index in [-0.39, 0.29) is 0 Å². The molecule has 2 aromatic heterocycles. The zero-order chi connectivity index (χ0) is 12.5. The number of aryl methyl sites for hydroxylation is 1. The van der Waals surface area contributed by atoms with Gasteiger partial charge in [0.05, 0.1) is 18.6 Å². The quantitative estimate of drug-likeness (QED) is 0.833. The topological polar surface area (TPSA) is 66.1 Å². The summed E-state index contributed by atoms with van der Waals surface area (Å²) in [4.78, 5) is 14.6. The van der Waals surface area contributed by atoms with Gasteiger partial charge in [-0.15, -0.1) is 0 Å². The number of aromatic amines is 1. The molecule has 0 saturated carbocycles. The summed E-state index contributed by atoms with van der Waals surface area (Å²) in [6.45, 7) is 5.18. The first-order valence-corrected chi connectivity index (χ1v) is 6.16. The second-order valence-corrected chi connectivity index (χ2v) is 4.44. The van der Waals surface area contributed by atoms with Gasteiger partial charge >= 0.3 is 0 Å². The highest BCUT2D eigenvalue weighted by molar-refractivity contribution is 5.88. The van der Waals surface area contributed by atoms with Crippen molar-refractivity contribution in [3.63, 3.8) is 0 Å². The molecule has 0 atom stereocenters. The van der Waals surface area contributed by atoms with Crippen LogP contribution in [0, 0.1) is 6.92 Å². The van der Waals surface area contributed by atoms with E-state index in [0.29, 0.717) is 0 Å². The Hall–Kier alpha value is -1.82. The molecule has 1 fully saturated rings. The Morgan fingerprint density at radius 1 is 1.33 bits per heavy atom. The van der Waals surface area contributed by atoms with Crippen molar-refractivity contribution in [3.05, 3.63) is 11.8 Å². The smallest absolute Gasteiger partial charge is 0.229 e. The highest BCUT2D eigenvalue weighted by atomic mass is 16.5. The van der Waals surface area contributed by atoms with Crippen LogP contribution in [0.4, 0.5) is 11.8 Å². The van der Waals surface area contributed by atoms with Crippen molar-refractivity contribution in [3.8, 4) is 0 Å². The number of hydrogen-bond donors (Lipinski definition) is 2. The molecule has 0 amide bonds. The molecule has 0 spiro atoms. The molecule has 0 aromatic carbocycles. The van der Waals surface area contributed by atoms with Gasteiger partial charge < -0.3 is 19.9 Å². The number of hydrogen-bond acceptors (Lipinski definition) is 5. The van der Waals surface area contributed by atoms with Gasteiger partial charge in [-0.2, -0.15) is 9.97 Å². The van der Waals surface area contributed by atoms with Gasteiger partial charge in [0.1, 0.15) is 11.5 Å². The summed E-state index contributed by atoms with van der Waals surface area (Å²) in [5.74, 6) is 1.63. The number of H-pyrrole nitrogens is 1. The normalized spacial score (nSPS) is 16.2. The molecule has 6 heteroatoms. The van der Waals surface area contributed by atoms with Gasteiger partial charge in [0, 0.05) is 25.8 Å². The third-order valence-corrected chi connectivity index (χ3v) is 3.14. The van der Waals surface area contributed by atoms with Crippen LogP contribution in [0.15, 0.2) is 6.07 Å². The fourth-order valence-electron chi connectivity index (χ4n) is 2.22. The number of aromatic nitrogens is 3. The lowest BCUT2D eigenvalue weighted by Gasteiger charge is -2.26. The second-order valence-electron chi connectivity index (χ2n) is 4.44. The zero-order valence-electron chi connectivity index (χ0n) is 10.7. The van der Waals surface area contributed by atoms with Crippen molar-refractivity contribution in [2.24, 2.45) is 0 Å². The van der Waals surface area contributed by atoms with Crippen LogP contribution in [0.5, 0.6) is 0 Å². The van der Waals surface area contributed by atoms with Crippen molar-refractivity contribution >= 4 is 22.8 Å². The average molecular weight is 247 g/mol. The molecule has 0 unspecified atom stereocenters. The fraction of sp³-hybridized carbons (Fsp3) is 0.500. The molecule has 2 N–H and O–H groups in total. The van der Waals surface area contributed by atoms with Crippen LogP contribution >= 0.6 is 0 Å². The largest absolute Gasteiger partial charge is 0.378 e. The Labute approximate surface area is 105 Å². The first-order chi connectivity index (χ1) is 8.78. The Bertz CT molecular complexity index is 559. The minimum absolute atomic E-state index is 0.736. The Kier molecular flexibility index (Phi) is 2.79. The molecular formula is C12H17N5O. The molecule has 1 saturated heterocycles. The summed E-state index contributed by atoms with van der Waals surface area (Å²) >= 11 is 0. The summed E-state index contributed by atoms with van der Waals surface area (Å²) in [5.41, 5.74) is 1.98. The van der Waals surface area contributed by atoms with E-state index in [1.54, 1.807) is 0 Å². The number of rotatable bonds is 2. The predicted octanol–water partition coefficient (Wildman–Crippen LogP) is 1.14. The van der Waals surface area contributed by atoms with E-state index >= 15 is 0 Å². The minimum atomic E-state index is 0.736. The van der Waals surface area contributed by atoms with Crippen molar-refractivity contribution in [2.75, 3.05) is 43.6 Å². The van der Waals surface area contributed by atoms with Crippen LogP contribution in [0.1, 0.15) is 5.69 Å². The highest BCUT2D eigenvalue weighted by Gasteiger charge is 2.16. The lowest BCUT2D eigenvalue weighted by molar-refractivity contribution is 0.122. The molecule has 0 bridgehead atoms. The van der Waals surface area contributed by atoms with Gasteiger partial charge in [0.2, 0.25) is 5.95 Å². The molecule has 0 aliphatic carbocycles. The fourth-order valence-corrected chi connectivity index (χ4v) is 2.22. The van der Waals surface area contributed by atoms with E-state index in [9.17, 15) is 0 Å².